The molecule has 1 aromatic carbocycles. The third-order valence-corrected chi connectivity index (χ3v) is 3.41. The van der Waals surface area contributed by atoms with E-state index < -0.39 is 0 Å². The zero-order valence-corrected chi connectivity index (χ0v) is 11.3. The molecule has 1 aromatic rings. The van der Waals surface area contributed by atoms with Crippen LogP contribution >= 0.6 is 0 Å². The zero-order valence-electron chi connectivity index (χ0n) is 11.3. The van der Waals surface area contributed by atoms with Crippen molar-refractivity contribution in [1.29, 1.82) is 0 Å². The number of hydrogen-bond acceptors (Lipinski definition) is 1. The van der Waals surface area contributed by atoms with E-state index in [1.807, 2.05) is 0 Å². The van der Waals surface area contributed by atoms with Gasteiger partial charge in [-0.2, -0.15) is 0 Å². The quantitative estimate of drug-likeness (QED) is 0.797. The van der Waals surface area contributed by atoms with Crippen LogP contribution in [0, 0.1) is 6.92 Å². The lowest BCUT2D eigenvalue weighted by Crippen LogP contribution is -2.26. The maximum atomic E-state index is 3.38. The molecule has 1 heteroatoms. The van der Waals surface area contributed by atoms with Crippen LogP contribution in [0.25, 0.3) is 0 Å². The van der Waals surface area contributed by atoms with Crippen LogP contribution in [0.4, 0.5) is 0 Å². The summed E-state index contributed by atoms with van der Waals surface area (Å²) in [5, 5.41) is 3.38. The first-order chi connectivity index (χ1) is 7.58. The SMILES string of the molecule is CCC(Cc1cc(C(C)C)ccc1C)NC. The minimum absolute atomic E-state index is 0.598. The number of likely N-dealkylation sites (N-methyl/N-ethyl adjacent to an activating group) is 1. The third-order valence-electron chi connectivity index (χ3n) is 3.41. The van der Waals surface area contributed by atoms with Crippen LogP contribution in [0.2, 0.25) is 0 Å². The summed E-state index contributed by atoms with van der Waals surface area (Å²) in [7, 11) is 2.05. The van der Waals surface area contributed by atoms with E-state index in [-0.39, 0.29) is 0 Å². The Morgan fingerprint density at radius 2 is 1.94 bits per heavy atom. The van der Waals surface area contributed by atoms with Crippen LogP contribution in [0.1, 0.15) is 49.8 Å². The first kappa shape index (κ1) is 13.2. The van der Waals surface area contributed by atoms with Gasteiger partial charge in [0.2, 0.25) is 0 Å². The molecule has 1 rings (SSSR count). The highest BCUT2D eigenvalue weighted by atomic mass is 14.9. The first-order valence-corrected chi connectivity index (χ1v) is 6.35. The summed E-state index contributed by atoms with van der Waals surface area (Å²) in [6.45, 7) is 8.96. The monoisotopic (exact) mass is 219 g/mol. The number of benzene rings is 1. The lowest BCUT2D eigenvalue weighted by atomic mass is 9.94. The van der Waals surface area contributed by atoms with E-state index in [1.165, 1.54) is 23.1 Å². The fourth-order valence-electron chi connectivity index (χ4n) is 1.99. The van der Waals surface area contributed by atoms with Gasteiger partial charge in [0.15, 0.2) is 0 Å². The highest BCUT2D eigenvalue weighted by Crippen LogP contribution is 2.20. The average Bonchev–Trinajstić information content (AvgIpc) is 2.27. The average molecular weight is 219 g/mol. The van der Waals surface area contributed by atoms with Crippen LogP contribution in [0.15, 0.2) is 18.2 Å². The molecule has 0 saturated heterocycles. The van der Waals surface area contributed by atoms with Crippen molar-refractivity contribution in [2.45, 2.75) is 52.5 Å². The van der Waals surface area contributed by atoms with E-state index >= 15 is 0 Å². The van der Waals surface area contributed by atoms with Gasteiger partial charge < -0.3 is 5.32 Å². The van der Waals surface area contributed by atoms with Crippen molar-refractivity contribution in [2.24, 2.45) is 0 Å². The molecule has 16 heavy (non-hydrogen) atoms. The maximum absolute atomic E-state index is 3.38. The van der Waals surface area contributed by atoms with Crippen molar-refractivity contribution in [3.05, 3.63) is 34.9 Å². The molecule has 0 amide bonds. The van der Waals surface area contributed by atoms with Crippen molar-refractivity contribution in [1.82, 2.24) is 5.32 Å². The molecule has 0 saturated carbocycles. The Morgan fingerprint density at radius 3 is 2.44 bits per heavy atom. The Bertz CT molecular complexity index is 324. The lowest BCUT2D eigenvalue weighted by molar-refractivity contribution is 0.542. The predicted molar refractivity (Wildman–Crippen MR) is 72.1 cm³/mol. The van der Waals surface area contributed by atoms with Crippen LogP contribution in [-0.2, 0) is 6.42 Å². The van der Waals surface area contributed by atoms with Gasteiger partial charge in [-0.05, 0) is 49.4 Å². The second-order valence-electron chi connectivity index (χ2n) is 4.94. The molecule has 90 valence electrons. The first-order valence-electron chi connectivity index (χ1n) is 6.35. The second kappa shape index (κ2) is 6.05. The number of nitrogens with one attached hydrogen (secondary N) is 1. The summed E-state index contributed by atoms with van der Waals surface area (Å²) in [6, 6.07) is 7.48. The molecule has 1 N–H and O–H groups in total. The molecule has 0 radical (unpaired) electrons. The van der Waals surface area contributed by atoms with Gasteiger partial charge in [-0.25, -0.2) is 0 Å². The van der Waals surface area contributed by atoms with Gasteiger partial charge in [0.25, 0.3) is 0 Å². The Morgan fingerprint density at radius 1 is 1.25 bits per heavy atom. The molecular weight excluding hydrogens is 194 g/mol. The smallest absolute Gasteiger partial charge is 0.0102 e. The van der Waals surface area contributed by atoms with Gasteiger partial charge in [0, 0.05) is 6.04 Å². The summed E-state index contributed by atoms with van der Waals surface area (Å²) in [4.78, 5) is 0. The zero-order chi connectivity index (χ0) is 12.1. The summed E-state index contributed by atoms with van der Waals surface area (Å²) in [5.74, 6) is 0.619. The van der Waals surface area contributed by atoms with E-state index in [9.17, 15) is 0 Å². The van der Waals surface area contributed by atoms with E-state index in [1.54, 1.807) is 0 Å². The van der Waals surface area contributed by atoms with Crippen LogP contribution in [0.5, 0.6) is 0 Å². The lowest BCUT2D eigenvalue weighted by Gasteiger charge is -2.17. The Hall–Kier alpha value is -0.820. The van der Waals surface area contributed by atoms with Crippen molar-refractivity contribution in [2.75, 3.05) is 7.05 Å². The van der Waals surface area contributed by atoms with Crippen molar-refractivity contribution >= 4 is 0 Å². The van der Waals surface area contributed by atoms with E-state index in [2.05, 4.69) is 58.3 Å². The van der Waals surface area contributed by atoms with E-state index in [4.69, 9.17) is 0 Å². The largest absolute Gasteiger partial charge is 0.317 e. The summed E-state index contributed by atoms with van der Waals surface area (Å²) in [5.41, 5.74) is 4.36. The molecule has 0 aromatic heterocycles. The van der Waals surface area contributed by atoms with Crippen molar-refractivity contribution < 1.29 is 0 Å². The summed E-state index contributed by atoms with van der Waals surface area (Å²) >= 11 is 0. The van der Waals surface area contributed by atoms with E-state index in [0.717, 1.165) is 6.42 Å². The van der Waals surface area contributed by atoms with Crippen LogP contribution in [0.3, 0.4) is 0 Å². The molecule has 0 spiro atoms. The fraction of sp³-hybridized carbons (Fsp3) is 0.600. The molecular formula is C15H25N. The van der Waals surface area contributed by atoms with Crippen molar-refractivity contribution in [3.63, 3.8) is 0 Å². The minimum atomic E-state index is 0.598. The topological polar surface area (TPSA) is 12.0 Å². The van der Waals surface area contributed by atoms with Crippen molar-refractivity contribution in [3.8, 4) is 0 Å². The number of aryl methyl sites for hydroxylation is 1. The molecule has 0 bridgehead atoms. The van der Waals surface area contributed by atoms with Gasteiger partial charge in [-0.3, -0.25) is 0 Å². The predicted octanol–water partition coefficient (Wildman–Crippen LogP) is 3.66. The number of rotatable bonds is 5. The summed E-state index contributed by atoms with van der Waals surface area (Å²) < 4.78 is 0. The fourth-order valence-corrected chi connectivity index (χ4v) is 1.99. The normalized spacial score (nSPS) is 13.1. The Labute approximate surface area is 100 Å². The van der Waals surface area contributed by atoms with Gasteiger partial charge in [0.05, 0.1) is 0 Å². The van der Waals surface area contributed by atoms with Gasteiger partial charge >= 0.3 is 0 Å². The summed E-state index contributed by atoms with van der Waals surface area (Å²) in [6.07, 6.45) is 2.32. The minimum Gasteiger partial charge on any atom is -0.317 e. The van der Waals surface area contributed by atoms with E-state index in [0.29, 0.717) is 12.0 Å². The Kier molecular flexibility index (Phi) is 5.01. The van der Waals surface area contributed by atoms with Crippen LogP contribution < -0.4 is 5.32 Å². The maximum Gasteiger partial charge on any atom is 0.0102 e. The molecule has 1 nitrogen and oxygen atoms in total. The molecule has 0 heterocycles. The molecule has 0 aliphatic heterocycles. The number of hydrogen-bond donors (Lipinski definition) is 1. The van der Waals surface area contributed by atoms with Gasteiger partial charge in [-0.15, -0.1) is 0 Å². The van der Waals surface area contributed by atoms with Crippen LogP contribution in [-0.4, -0.2) is 13.1 Å². The molecule has 0 aliphatic carbocycles. The van der Waals surface area contributed by atoms with Gasteiger partial charge in [0.1, 0.15) is 0 Å². The Balaban J connectivity index is 2.89. The standard InChI is InChI=1S/C15H25N/c1-6-15(16-5)10-14-9-13(11(2)3)8-7-12(14)4/h7-9,11,15-16H,6,10H2,1-5H3. The van der Waals surface area contributed by atoms with Gasteiger partial charge in [-0.1, -0.05) is 39.0 Å². The third kappa shape index (κ3) is 3.34. The molecule has 1 atom stereocenters. The highest BCUT2D eigenvalue weighted by molar-refractivity contribution is 5.33. The molecule has 1 unspecified atom stereocenters. The second-order valence-corrected chi connectivity index (χ2v) is 4.94. The molecule has 0 aliphatic rings. The highest BCUT2D eigenvalue weighted by Gasteiger charge is 2.08. The molecule has 0 fully saturated rings.